The molecule has 36 heavy (non-hydrogen) atoms. The number of alkyl halides is 5. The van der Waals surface area contributed by atoms with Gasteiger partial charge in [0.25, 0.3) is 12.3 Å². The summed E-state index contributed by atoms with van der Waals surface area (Å²) in [5, 5.41) is 23.7. The molecule has 0 radical (unpaired) electrons. The lowest BCUT2D eigenvalue weighted by Crippen LogP contribution is -2.55. The van der Waals surface area contributed by atoms with Crippen molar-refractivity contribution < 1.29 is 31.5 Å². The normalized spacial score (nSPS) is 21.5. The van der Waals surface area contributed by atoms with Crippen LogP contribution in [0.1, 0.15) is 51.7 Å². The summed E-state index contributed by atoms with van der Waals surface area (Å²) >= 11 is 0. The van der Waals surface area contributed by atoms with Crippen LogP contribution in [0.25, 0.3) is 22.5 Å². The Morgan fingerprint density at radius 1 is 1.11 bits per heavy atom. The summed E-state index contributed by atoms with van der Waals surface area (Å²) in [7, 11) is 0. The highest BCUT2D eigenvalue weighted by atomic mass is 19.4. The van der Waals surface area contributed by atoms with Crippen LogP contribution in [0.2, 0.25) is 0 Å². The topological polar surface area (TPSA) is 96.1 Å². The van der Waals surface area contributed by atoms with E-state index in [-0.39, 0.29) is 24.7 Å². The van der Waals surface area contributed by atoms with E-state index < -0.39 is 35.7 Å². The van der Waals surface area contributed by atoms with Gasteiger partial charge in [0.15, 0.2) is 0 Å². The number of nitrogens with one attached hydrogen (secondary N) is 2. The number of halogens is 5. The molecule has 0 saturated heterocycles. The lowest BCUT2D eigenvalue weighted by Gasteiger charge is -2.42. The van der Waals surface area contributed by atoms with Crippen LogP contribution >= 0.6 is 0 Å². The molecule has 0 aliphatic heterocycles. The van der Waals surface area contributed by atoms with Gasteiger partial charge in [-0.2, -0.15) is 13.2 Å². The molecule has 4 rings (SSSR count). The zero-order valence-corrected chi connectivity index (χ0v) is 20.5. The predicted molar refractivity (Wildman–Crippen MR) is 125 cm³/mol. The van der Waals surface area contributed by atoms with Crippen LogP contribution in [-0.4, -0.2) is 50.6 Å². The SMILES string of the molecule is Cc1cc(-c2nnc(NC3CC(O)(C(F)F)C3)o2)nc2c(C(C)(C)C)cc(NC(C)C(F)(F)F)cc12. The minimum Gasteiger partial charge on any atom is -0.402 e. The number of aliphatic hydroxyl groups is 1. The Morgan fingerprint density at radius 2 is 1.78 bits per heavy atom. The molecule has 12 heteroatoms. The molecule has 2 heterocycles. The Hall–Kier alpha value is -3.02. The molecule has 1 aliphatic rings. The van der Waals surface area contributed by atoms with Gasteiger partial charge in [0, 0.05) is 30.0 Å². The molecular formula is C24H28F5N5O2. The Kier molecular flexibility index (Phi) is 6.39. The molecule has 7 nitrogen and oxygen atoms in total. The number of pyridine rings is 1. The highest BCUT2D eigenvalue weighted by Gasteiger charge is 2.50. The van der Waals surface area contributed by atoms with Crippen LogP contribution in [0.4, 0.5) is 33.7 Å². The lowest BCUT2D eigenvalue weighted by molar-refractivity contribution is -0.148. The fourth-order valence-electron chi connectivity index (χ4n) is 4.22. The number of aromatic nitrogens is 3. The van der Waals surface area contributed by atoms with Crippen molar-refractivity contribution in [1.29, 1.82) is 0 Å². The third-order valence-electron chi connectivity index (χ3n) is 6.38. The van der Waals surface area contributed by atoms with Crippen LogP contribution in [0.5, 0.6) is 0 Å². The molecule has 0 amide bonds. The van der Waals surface area contributed by atoms with Gasteiger partial charge in [0.05, 0.1) is 5.52 Å². The molecule has 1 aromatic carbocycles. The second-order valence-corrected chi connectivity index (χ2v) is 10.5. The highest BCUT2D eigenvalue weighted by Crippen LogP contribution is 2.39. The Bertz CT molecular complexity index is 1260. The second-order valence-electron chi connectivity index (χ2n) is 10.5. The van der Waals surface area contributed by atoms with E-state index >= 15 is 0 Å². The summed E-state index contributed by atoms with van der Waals surface area (Å²) in [6, 6.07) is 2.86. The monoisotopic (exact) mass is 513 g/mol. The quantitative estimate of drug-likeness (QED) is 0.357. The summed E-state index contributed by atoms with van der Waals surface area (Å²) < 4.78 is 70.7. The third-order valence-corrected chi connectivity index (χ3v) is 6.38. The van der Waals surface area contributed by atoms with Gasteiger partial charge in [-0.15, -0.1) is 5.10 Å². The Labute approximate surface area is 204 Å². The number of fused-ring (bicyclic) bond motifs is 1. The van der Waals surface area contributed by atoms with Gasteiger partial charge >= 0.3 is 12.2 Å². The van der Waals surface area contributed by atoms with E-state index in [0.717, 1.165) is 18.1 Å². The lowest BCUT2D eigenvalue weighted by atomic mass is 9.76. The summed E-state index contributed by atoms with van der Waals surface area (Å²) in [4.78, 5) is 4.70. The van der Waals surface area contributed by atoms with Gasteiger partial charge < -0.3 is 20.2 Å². The van der Waals surface area contributed by atoms with Gasteiger partial charge in [-0.25, -0.2) is 13.8 Å². The highest BCUT2D eigenvalue weighted by molar-refractivity contribution is 5.91. The smallest absolute Gasteiger partial charge is 0.402 e. The number of rotatable bonds is 6. The number of nitrogens with zero attached hydrogens (tertiary/aromatic N) is 3. The van der Waals surface area contributed by atoms with Crippen molar-refractivity contribution in [2.45, 2.75) is 83.2 Å². The summed E-state index contributed by atoms with van der Waals surface area (Å²) in [5.74, 6) is 0.0960. The minimum absolute atomic E-state index is 0.0163. The van der Waals surface area contributed by atoms with Gasteiger partial charge in [-0.05, 0) is 48.6 Å². The summed E-state index contributed by atoms with van der Waals surface area (Å²) in [6.45, 7) is 8.70. The Morgan fingerprint density at radius 3 is 2.36 bits per heavy atom. The van der Waals surface area contributed by atoms with E-state index in [1.165, 1.54) is 0 Å². The standard InChI is InChI=1S/C24H28F5N5O2/c1-11-6-17(19-33-34-21(36-19)31-14-9-23(35,10-14)20(25)26)32-18-15(11)7-13(8-16(18)22(3,4)5)30-12(2)24(27,28)29/h6-8,12,14,20,30,35H,9-10H2,1-5H3,(H,31,34). The van der Waals surface area contributed by atoms with E-state index in [4.69, 9.17) is 9.40 Å². The minimum atomic E-state index is -4.39. The molecule has 0 bridgehead atoms. The number of aryl methyl sites for hydroxylation is 1. The van der Waals surface area contributed by atoms with Crippen molar-refractivity contribution in [2.75, 3.05) is 10.6 Å². The first-order valence-corrected chi connectivity index (χ1v) is 11.5. The maximum atomic E-state index is 13.1. The molecule has 1 atom stereocenters. The summed E-state index contributed by atoms with van der Waals surface area (Å²) in [5.41, 5.74) is 0.334. The summed E-state index contributed by atoms with van der Waals surface area (Å²) in [6.07, 6.45) is -7.51. The van der Waals surface area contributed by atoms with E-state index in [1.807, 2.05) is 27.7 Å². The molecule has 1 fully saturated rings. The maximum Gasteiger partial charge on any atom is 0.408 e. The van der Waals surface area contributed by atoms with Crippen LogP contribution in [0.3, 0.4) is 0 Å². The van der Waals surface area contributed by atoms with Crippen molar-refractivity contribution >= 4 is 22.6 Å². The van der Waals surface area contributed by atoms with Crippen molar-refractivity contribution in [3.63, 3.8) is 0 Å². The molecule has 1 aliphatic carbocycles. The molecule has 196 valence electrons. The number of anilines is 2. The van der Waals surface area contributed by atoms with Crippen LogP contribution in [0, 0.1) is 6.92 Å². The molecule has 1 saturated carbocycles. The van der Waals surface area contributed by atoms with Gasteiger partial charge in [-0.3, -0.25) is 0 Å². The molecule has 3 aromatic rings. The average molecular weight is 514 g/mol. The molecule has 2 aromatic heterocycles. The maximum absolute atomic E-state index is 13.1. The number of benzene rings is 1. The molecular weight excluding hydrogens is 485 g/mol. The second kappa shape index (κ2) is 8.82. The first kappa shape index (κ1) is 26.1. The van der Waals surface area contributed by atoms with Crippen LogP contribution in [0.15, 0.2) is 22.6 Å². The predicted octanol–water partition coefficient (Wildman–Crippen LogP) is 5.82. The van der Waals surface area contributed by atoms with Crippen molar-refractivity contribution in [2.24, 2.45) is 0 Å². The van der Waals surface area contributed by atoms with Gasteiger partial charge in [0.2, 0.25) is 0 Å². The zero-order valence-electron chi connectivity index (χ0n) is 20.5. The van der Waals surface area contributed by atoms with E-state index in [9.17, 15) is 27.1 Å². The van der Waals surface area contributed by atoms with Gasteiger partial charge in [0.1, 0.15) is 17.3 Å². The van der Waals surface area contributed by atoms with E-state index in [1.54, 1.807) is 18.2 Å². The molecule has 1 unspecified atom stereocenters. The molecule has 3 N–H and O–H groups in total. The molecule has 0 spiro atoms. The third kappa shape index (κ3) is 5.09. The number of hydrogen-bond donors (Lipinski definition) is 3. The fourth-order valence-corrected chi connectivity index (χ4v) is 4.22. The van der Waals surface area contributed by atoms with Crippen LogP contribution < -0.4 is 10.6 Å². The largest absolute Gasteiger partial charge is 0.408 e. The van der Waals surface area contributed by atoms with Crippen molar-refractivity contribution in [3.05, 3.63) is 29.3 Å². The number of hydrogen-bond acceptors (Lipinski definition) is 7. The first-order chi connectivity index (χ1) is 16.6. The fraction of sp³-hybridized carbons (Fsp3) is 0.542. The average Bonchev–Trinajstić information content (AvgIpc) is 3.19. The van der Waals surface area contributed by atoms with Crippen molar-refractivity contribution in [3.8, 4) is 11.6 Å². The van der Waals surface area contributed by atoms with E-state index in [2.05, 4.69) is 20.8 Å². The first-order valence-electron chi connectivity index (χ1n) is 11.5. The van der Waals surface area contributed by atoms with E-state index in [0.29, 0.717) is 22.3 Å². The Balaban J connectivity index is 1.66. The zero-order chi connectivity index (χ0) is 26.6. The van der Waals surface area contributed by atoms with Crippen molar-refractivity contribution in [1.82, 2.24) is 15.2 Å². The van der Waals surface area contributed by atoms with Crippen LogP contribution in [-0.2, 0) is 5.41 Å². The van der Waals surface area contributed by atoms with Gasteiger partial charge in [-0.1, -0.05) is 25.9 Å².